The summed E-state index contributed by atoms with van der Waals surface area (Å²) >= 11 is 0. The van der Waals surface area contributed by atoms with Gasteiger partial charge in [-0.15, -0.1) is 0 Å². The molecule has 3 aromatic rings. The highest BCUT2D eigenvalue weighted by molar-refractivity contribution is 6.12. The second-order valence-corrected chi connectivity index (χ2v) is 6.34. The first-order valence-corrected chi connectivity index (χ1v) is 8.50. The minimum atomic E-state index is -0.106. The number of nitrogens with zero attached hydrogens (tertiary/aromatic N) is 1. The molecule has 5 heteroatoms. The summed E-state index contributed by atoms with van der Waals surface area (Å²) in [5.41, 5.74) is 3.57. The van der Waals surface area contributed by atoms with Crippen molar-refractivity contribution in [3.05, 3.63) is 60.3 Å². The number of fused-ring (bicyclic) bond motifs is 1. The van der Waals surface area contributed by atoms with Crippen LogP contribution in [0, 0.1) is 0 Å². The molecule has 1 unspecified atom stereocenters. The van der Waals surface area contributed by atoms with Crippen LogP contribution in [-0.2, 0) is 4.74 Å². The SMILES string of the molecule is COC1CCN(c2ccc(NC(=O)c3c[nH]c4ccccc34)cc2)C1. The number of amides is 1. The topological polar surface area (TPSA) is 57.4 Å². The largest absolute Gasteiger partial charge is 0.380 e. The number of carbonyl (C=O) groups is 1. The van der Waals surface area contributed by atoms with Gasteiger partial charge in [0, 0.05) is 48.7 Å². The Hall–Kier alpha value is -2.79. The summed E-state index contributed by atoms with van der Waals surface area (Å²) in [5, 5.41) is 3.90. The number of rotatable bonds is 4. The molecule has 1 aliphatic rings. The number of aromatic amines is 1. The van der Waals surface area contributed by atoms with Crippen molar-refractivity contribution in [1.29, 1.82) is 0 Å². The lowest BCUT2D eigenvalue weighted by atomic mass is 10.1. The second kappa shape index (κ2) is 6.61. The summed E-state index contributed by atoms with van der Waals surface area (Å²) in [7, 11) is 1.76. The Morgan fingerprint density at radius 2 is 2.00 bits per heavy atom. The lowest BCUT2D eigenvalue weighted by Crippen LogP contribution is -2.22. The maximum atomic E-state index is 12.6. The van der Waals surface area contributed by atoms with E-state index in [1.807, 2.05) is 48.5 Å². The fraction of sp³-hybridized carbons (Fsp3) is 0.250. The van der Waals surface area contributed by atoms with E-state index in [2.05, 4.69) is 15.2 Å². The Morgan fingerprint density at radius 1 is 1.20 bits per heavy atom. The Balaban J connectivity index is 1.47. The highest BCUT2D eigenvalue weighted by Gasteiger charge is 2.22. The molecule has 0 aliphatic carbocycles. The number of H-pyrrole nitrogens is 1. The van der Waals surface area contributed by atoms with Crippen molar-refractivity contribution in [2.45, 2.75) is 12.5 Å². The molecule has 4 rings (SSSR count). The van der Waals surface area contributed by atoms with Gasteiger partial charge in [0.1, 0.15) is 0 Å². The molecule has 0 spiro atoms. The number of para-hydroxylation sites is 1. The molecule has 128 valence electrons. The summed E-state index contributed by atoms with van der Waals surface area (Å²) in [6, 6.07) is 15.8. The quantitative estimate of drug-likeness (QED) is 0.765. The first kappa shape index (κ1) is 15.7. The third-order valence-electron chi connectivity index (χ3n) is 4.80. The summed E-state index contributed by atoms with van der Waals surface area (Å²) in [4.78, 5) is 18.0. The van der Waals surface area contributed by atoms with Gasteiger partial charge >= 0.3 is 0 Å². The number of ether oxygens (including phenoxy) is 1. The molecule has 1 amide bonds. The molecule has 2 heterocycles. The van der Waals surface area contributed by atoms with Crippen LogP contribution in [0.15, 0.2) is 54.7 Å². The first-order valence-electron chi connectivity index (χ1n) is 8.50. The van der Waals surface area contributed by atoms with Crippen LogP contribution in [-0.4, -0.2) is 37.2 Å². The van der Waals surface area contributed by atoms with Crippen molar-refractivity contribution in [2.75, 3.05) is 30.4 Å². The molecular formula is C20H21N3O2. The van der Waals surface area contributed by atoms with Crippen molar-refractivity contribution < 1.29 is 9.53 Å². The third kappa shape index (κ3) is 3.10. The smallest absolute Gasteiger partial charge is 0.257 e. The molecule has 25 heavy (non-hydrogen) atoms. The van der Waals surface area contributed by atoms with Crippen LogP contribution in [0.2, 0.25) is 0 Å². The highest BCUT2D eigenvalue weighted by atomic mass is 16.5. The molecule has 1 fully saturated rings. The molecule has 1 atom stereocenters. The number of methoxy groups -OCH3 is 1. The molecule has 2 N–H and O–H groups in total. The molecule has 0 bridgehead atoms. The Morgan fingerprint density at radius 3 is 2.76 bits per heavy atom. The maximum Gasteiger partial charge on any atom is 0.257 e. The number of benzene rings is 2. The summed E-state index contributed by atoms with van der Waals surface area (Å²) < 4.78 is 5.41. The number of hydrogen-bond donors (Lipinski definition) is 2. The van der Waals surface area contributed by atoms with E-state index in [1.54, 1.807) is 13.3 Å². The van der Waals surface area contributed by atoms with E-state index >= 15 is 0 Å². The van der Waals surface area contributed by atoms with Crippen LogP contribution in [0.3, 0.4) is 0 Å². The van der Waals surface area contributed by atoms with Crippen LogP contribution in [0.5, 0.6) is 0 Å². The van der Waals surface area contributed by atoms with Gasteiger partial charge in [-0.3, -0.25) is 4.79 Å². The fourth-order valence-electron chi connectivity index (χ4n) is 3.37. The number of aromatic nitrogens is 1. The first-order chi connectivity index (χ1) is 12.2. The lowest BCUT2D eigenvalue weighted by Gasteiger charge is -2.18. The molecule has 1 saturated heterocycles. The standard InChI is InChI=1S/C20H21N3O2/c1-25-16-10-11-23(13-16)15-8-6-14(7-9-15)22-20(24)18-12-21-19-5-3-2-4-17(18)19/h2-9,12,16,21H,10-11,13H2,1H3,(H,22,24). The van der Waals surface area contributed by atoms with Gasteiger partial charge in [0.25, 0.3) is 5.91 Å². The van der Waals surface area contributed by atoms with Crippen LogP contribution in [0.4, 0.5) is 11.4 Å². The van der Waals surface area contributed by atoms with E-state index in [0.717, 1.165) is 41.8 Å². The average molecular weight is 335 g/mol. The van der Waals surface area contributed by atoms with Gasteiger partial charge in [-0.2, -0.15) is 0 Å². The van der Waals surface area contributed by atoms with E-state index < -0.39 is 0 Å². The van der Waals surface area contributed by atoms with Crippen molar-refractivity contribution >= 4 is 28.2 Å². The van der Waals surface area contributed by atoms with Gasteiger partial charge in [0.05, 0.1) is 11.7 Å². The van der Waals surface area contributed by atoms with Crippen molar-refractivity contribution in [3.8, 4) is 0 Å². The van der Waals surface area contributed by atoms with Crippen LogP contribution >= 0.6 is 0 Å². The van der Waals surface area contributed by atoms with Gasteiger partial charge in [-0.25, -0.2) is 0 Å². The zero-order chi connectivity index (χ0) is 17.2. The summed E-state index contributed by atoms with van der Waals surface area (Å²) in [6.45, 7) is 1.91. The van der Waals surface area contributed by atoms with E-state index in [0.29, 0.717) is 11.7 Å². The Kier molecular flexibility index (Phi) is 4.15. The second-order valence-electron chi connectivity index (χ2n) is 6.34. The summed E-state index contributed by atoms with van der Waals surface area (Å²) in [6.07, 6.45) is 3.11. The monoisotopic (exact) mass is 335 g/mol. The zero-order valence-corrected chi connectivity index (χ0v) is 14.2. The number of carbonyl (C=O) groups excluding carboxylic acids is 1. The zero-order valence-electron chi connectivity index (χ0n) is 14.2. The molecule has 1 aromatic heterocycles. The van der Waals surface area contributed by atoms with Crippen LogP contribution in [0.1, 0.15) is 16.8 Å². The predicted molar refractivity (Wildman–Crippen MR) is 100 cm³/mol. The van der Waals surface area contributed by atoms with E-state index in [-0.39, 0.29) is 5.91 Å². The molecule has 5 nitrogen and oxygen atoms in total. The molecule has 0 radical (unpaired) electrons. The van der Waals surface area contributed by atoms with Crippen LogP contribution in [0.25, 0.3) is 10.9 Å². The highest BCUT2D eigenvalue weighted by Crippen LogP contribution is 2.24. The van der Waals surface area contributed by atoms with E-state index in [9.17, 15) is 4.79 Å². The van der Waals surface area contributed by atoms with Crippen LogP contribution < -0.4 is 10.2 Å². The molecular weight excluding hydrogens is 314 g/mol. The molecule has 2 aromatic carbocycles. The van der Waals surface area contributed by atoms with Gasteiger partial charge in [0.2, 0.25) is 0 Å². The Labute approximate surface area is 146 Å². The molecule has 0 saturated carbocycles. The molecule has 1 aliphatic heterocycles. The van der Waals surface area contributed by atoms with Gasteiger partial charge in [-0.1, -0.05) is 18.2 Å². The lowest BCUT2D eigenvalue weighted by molar-refractivity contribution is 0.102. The fourth-order valence-corrected chi connectivity index (χ4v) is 3.37. The van der Waals surface area contributed by atoms with Gasteiger partial charge in [0.15, 0.2) is 0 Å². The van der Waals surface area contributed by atoms with E-state index in [4.69, 9.17) is 4.74 Å². The van der Waals surface area contributed by atoms with Gasteiger partial charge in [-0.05, 0) is 36.8 Å². The summed E-state index contributed by atoms with van der Waals surface area (Å²) in [5.74, 6) is -0.106. The maximum absolute atomic E-state index is 12.6. The normalized spacial score (nSPS) is 17.2. The van der Waals surface area contributed by atoms with Gasteiger partial charge < -0.3 is 19.9 Å². The number of anilines is 2. The van der Waals surface area contributed by atoms with Crippen molar-refractivity contribution in [3.63, 3.8) is 0 Å². The van der Waals surface area contributed by atoms with Crippen molar-refractivity contribution in [2.24, 2.45) is 0 Å². The number of nitrogens with one attached hydrogen (secondary N) is 2. The predicted octanol–water partition coefficient (Wildman–Crippen LogP) is 3.65. The van der Waals surface area contributed by atoms with E-state index in [1.165, 1.54) is 0 Å². The minimum absolute atomic E-state index is 0.106. The number of hydrogen-bond acceptors (Lipinski definition) is 3. The average Bonchev–Trinajstić information content (AvgIpc) is 3.29. The third-order valence-corrected chi connectivity index (χ3v) is 4.80. The minimum Gasteiger partial charge on any atom is -0.380 e. The Bertz CT molecular complexity index is 885. The van der Waals surface area contributed by atoms with Crippen molar-refractivity contribution in [1.82, 2.24) is 4.98 Å².